The summed E-state index contributed by atoms with van der Waals surface area (Å²) in [5.41, 5.74) is -0.214. The van der Waals surface area contributed by atoms with Crippen LogP contribution in [0.15, 0.2) is 18.2 Å². The summed E-state index contributed by atoms with van der Waals surface area (Å²) in [5.74, 6) is -0.775. The maximum absolute atomic E-state index is 11.8. The van der Waals surface area contributed by atoms with Crippen LogP contribution in [-0.4, -0.2) is 30.3 Å². The second-order valence-corrected chi connectivity index (χ2v) is 4.01. The van der Waals surface area contributed by atoms with Crippen molar-refractivity contribution < 1.29 is 14.5 Å². The van der Waals surface area contributed by atoms with Gasteiger partial charge in [0.05, 0.1) is 15.5 Å². The molecule has 8 heteroatoms. The summed E-state index contributed by atoms with van der Waals surface area (Å²) >= 11 is 5.80. The quantitative estimate of drug-likeness (QED) is 0.625. The van der Waals surface area contributed by atoms with Crippen LogP contribution in [0.4, 0.5) is 5.69 Å². The molecule has 2 amide bonds. The molecule has 0 aliphatic heterocycles. The van der Waals surface area contributed by atoms with Crippen molar-refractivity contribution in [2.75, 3.05) is 13.6 Å². The Morgan fingerprint density at radius 3 is 2.68 bits per heavy atom. The van der Waals surface area contributed by atoms with E-state index < -0.39 is 10.8 Å². The minimum Gasteiger partial charge on any atom is -0.359 e. The van der Waals surface area contributed by atoms with Crippen molar-refractivity contribution in [2.45, 2.75) is 6.42 Å². The first-order chi connectivity index (χ1) is 8.95. The van der Waals surface area contributed by atoms with Crippen LogP contribution < -0.4 is 10.6 Å². The highest BCUT2D eigenvalue weighted by atomic mass is 35.5. The summed E-state index contributed by atoms with van der Waals surface area (Å²) in [6, 6.07) is 3.59. The van der Waals surface area contributed by atoms with Gasteiger partial charge in [-0.25, -0.2) is 0 Å². The number of nitrogens with zero attached hydrogens (tertiary/aromatic N) is 1. The third-order valence-electron chi connectivity index (χ3n) is 2.32. The fourth-order valence-electron chi connectivity index (χ4n) is 1.31. The highest BCUT2D eigenvalue weighted by Crippen LogP contribution is 2.21. The van der Waals surface area contributed by atoms with Crippen LogP contribution in [0.2, 0.25) is 5.02 Å². The Morgan fingerprint density at radius 2 is 2.11 bits per heavy atom. The molecule has 0 heterocycles. The molecule has 0 aliphatic rings. The zero-order valence-corrected chi connectivity index (χ0v) is 10.9. The lowest BCUT2D eigenvalue weighted by Gasteiger charge is -2.06. The minimum atomic E-state index is -0.613. The fourth-order valence-corrected chi connectivity index (χ4v) is 1.51. The Morgan fingerprint density at radius 1 is 1.42 bits per heavy atom. The van der Waals surface area contributed by atoms with Crippen molar-refractivity contribution in [1.82, 2.24) is 10.6 Å². The molecule has 0 unspecified atom stereocenters. The minimum absolute atomic E-state index is 0.00720. The largest absolute Gasteiger partial charge is 0.359 e. The average Bonchev–Trinajstić information content (AvgIpc) is 2.38. The van der Waals surface area contributed by atoms with E-state index in [9.17, 15) is 19.7 Å². The normalized spacial score (nSPS) is 9.79. The number of hydrogen-bond donors (Lipinski definition) is 2. The van der Waals surface area contributed by atoms with Gasteiger partial charge in [-0.1, -0.05) is 11.6 Å². The molecule has 1 aromatic carbocycles. The van der Waals surface area contributed by atoms with Gasteiger partial charge in [0.25, 0.3) is 11.6 Å². The summed E-state index contributed by atoms with van der Waals surface area (Å²) in [6.45, 7) is 0.123. The Balaban J connectivity index is 2.73. The number of nitrogens with one attached hydrogen (secondary N) is 2. The number of halogens is 1. The highest BCUT2D eigenvalue weighted by molar-refractivity contribution is 6.33. The van der Waals surface area contributed by atoms with E-state index in [1.807, 2.05) is 0 Å². The van der Waals surface area contributed by atoms with E-state index in [4.69, 9.17) is 11.6 Å². The smallest absolute Gasteiger partial charge is 0.270 e. The number of amides is 2. The van der Waals surface area contributed by atoms with Gasteiger partial charge in [-0.15, -0.1) is 0 Å². The number of carbonyl (C=O) groups is 2. The molecule has 0 spiro atoms. The summed E-state index contributed by atoms with van der Waals surface area (Å²) in [4.78, 5) is 32.7. The lowest BCUT2D eigenvalue weighted by molar-refractivity contribution is -0.384. The number of benzene rings is 1. The van der Waals surface area contributed by atoms with Gasteiger partial charge in [0.1, 0.15) is 0 Å². The van der Waals surface area contributed by atoms with E-state index in [0.29, 0.717) is 0 Å². The van der Waals surface area contributed by atoms with Gasteiger partial charge in [0.2, 0.25) is 5.91 Å². The van der Waals surface area contributed by atoms with E-state index in [-0.39, 0.29) is 35.1 Å². The van der Waals surface area contributed by atoms with Crippen LogP contribution in [0.5, 0.6) is 0 Å². The third kappa shape index (κ3) is 4.22. The summed E-state index contributed by atoms with van der Waals surface area (Å²) in [6.07, 6.45) is 0.120. The standard InChI is InChI=1S/C11H12ClN3O4/c1-13-10(16)4-5-14-11(17)8-6-7(15(18)19)2-3-9(8)12/h2-3,6H,4-5H2,1H3,(H,13,16)(H,14,17). The second-order valence-electron chi connectivity index (χ2n) is 3.60. The molecule has 0 saturated heterocycles. The molecule has 0 bridgehead atoms. The van der Waals surface area contributed by atoms with Crippen molar-refractivity contribution >= 4 is 29.1 Å². The Hall–Kier alpha value is -2.15. The van der Waals surface area contributed by atoms with Crippen molar-refractivity contribution in [3.05, 3.63) is 38.9 Å². The molecule has 0 atom stereocenters. The lowest BCUT2D eigenvalue weighted by Crippen LogP contribution is -2.29. The summed E-state index contributed by atoms with van der Waals surface area (Å²) in [7, 11) is 1.49. The highest BCUT2D eigenvalue weighted by Gasteiger charge is 2.15. The first-order valence-corrected chi connectivity index (χ1v) is 5.76. The first kappa shape index (κ1) is 14.9. The van der Waals surface area contributed by atoms with Crippen molar-refractivity contribution in [2.24, 2.45) is 0 Å². The van der Waals surface area contributed by atoms with Crippen LogP contribution in [0.25, 0.3) is 0 Å². The molecule has 19 heavy (non-hydrogen) atoms. The van der Waals surface area contributed by atoms with Gasteiger partial charge in [-0.2, -0.15) is 0 Å². The van der Waals surface area contributed by atoms with Gasteiger partial charge in [-0.3, -0.25) is 19.7 Å². The molecule has 1 rings (SSSR count). The van der Waals surface area contributed by atoms with Gasteiger partial charge in [0, 0.05) is 32.1 Å². The number of non-ortho nitro benzene ring substituents is 1. The van der Waals surface area contributed by atoms with Crippen molar-refractivity contribution in [3.8, 4) is 0 Å². The van der Waals surface area contributed by atoms with Crippen molar-refractivity contribution in [3.63, 3.8) is 0 Å². The van der Waals surface area contributed by atoms with Crippen LogP contribution >= 0.6 is 11.6 Å². The molecular formula is C11H12ClN3O4. The van der Waals surface area contributed by atoms with Gasteiger partial charge >= 0.3 is 0 Å². The molecule has 0 aliphatic carbocycles. The summed E-state index contributed by atoms with van der Waals surface area (Å²) < 4.78 is 0. The topological polar surface area (TPSA) is 101 Å². The number of nitro groups is 1. The van der Waals surface area contributed by atoms with Gasteiger partial charge < -0.3 is 10.6 Å². The molecule has 0 aromatic heterocycles. The zero-order valence-electron chi connectivity index (χ0n) is 10.1. The maximum Gasteiger partial charge on any atom is 0.270 e. The van der Waals surface area contributed by atoms with Crippen molar-refractivity contribution in [1.29, 1.82) is 0 Å². The first-order valence-electron chi connectivity index (χ1n) is 5.38. The Labute approximate surface area is 114 Å². The number of hydrogen-bond acceptors (Lipinski definition) is 4. The predicted molar refractivity (Wildman–Crippen MR) is 69.1 cm³/mol. The molecule has 7 nitrogen and oxygen atoms in total. The molecule has 1 aromatic rings. The molecular weight excluding hydrogens is 274 g/mol. The van der Waals surface area contributed by atoms with Crippen LogP contribution in [0.3, 0.4) is 0 Å². The third-order valence-corrected chi connectivity index (χ3v) is 2.65. The molecule has 0 radical (unpaired) electrons. The second kappa shape index (κ2) is 6.69. The van der Waals surface area contributed by atoms with E-state index >= 15 is 0 Å². The van der Waals surface area contributed by atoms with E-state index in [1.165, 1.54) is 19.2 Å². The Kier molecular flexibility index (Phi) is 5.25. The number of carbonyl (C=O) groups excluding carboxylic acids is 2. The molecule has 2 N–H and O–H groups in total. The molecule has 0 saturated carbocycles. The zero-order chi connectivity index (χ0) is 14.4. The molecule has 102 valence electrons. The van der Waals surface area contributed by atoms with Crippen LogP contribution in [0.1, 0.15) is 16.8 Å². The van der Waals surface area contributed by atoms with Crippen LogP contribution in [0, 0.1) is 10.1 Å². The fraction of sp³-hybridized carbons (Fsp3) is 0.273. The average molecular weight is 286 g/mol. The Bertz CT molecular complexity index is 519. The number of rotatable bonds is 5. The van der Waals surface area contributed by atoms with Gasteiger partial charge in [-0.05, 0) is 6.07 Å². The van der Waals surface area contributed by atoms with E-state index in [0.717, 1.165) is 6.07 Å². The lowest BCUT2D eigenvalue weighted by atomic mass is 10.2. The monoisotopic (exact) mass is 285 g/mol. The van der Waals surface area contributed by atoms with E-state index in [1.54, 1.807) is 0 Å². The number of nitro benzene ring substituents is 1. The summed E-state index contributed by atoms with van der Waals surface area (Å²) in [5, 5.41) is 15.6. The maximum atomic E-state index is 11.8. The SMILES string of the molecule is CNC(=O)CCNC(=O)c1cc([N+](=O)[O-])ccc1Cl. The molecule has 0 fully saturated rings. The van der Waals surface area contributed by atoms with E-state index in [2.05, 4.69) is 10.6 Å². The van der Waals surface area contributed by atoms with Gasteiger partial charge in [0.15, 0.2) is 0 Å². The van der Waals surface area contributed by atoms with Crippen LogP contribution in [-0.2, 0) is 4.79 Å². The predicted octanol–water partition coefficient (Wildman–Crippen LogP) is 1.11.